The molecule has 141 heavy (non-hydrogen) atoms. The van der Waals surface area contributed by atoms with Gasteiger partial charge in [0, 0.05) is 105 Å². The third-order valence-electron chi connectivity index (χ3n) is 25.3. The predicted molar refractivity (Wildman–Crippen MR) is 548 cm³/mol. The number of sulfonamides is 5. The standard InChI is InChI=1S/C24H27N3O3S.C20H23NO4S.2C19H21NO4S.C11H15NO2S.C9H9BrO2.C4H7N3/c1-18-7-14-24(22-5-3-2-4-6-22)31(29,30)27(18)17-19-8-11-21(12-9-19)23(28)13-10-20-15-25-26-16-20;1-15-8-13-20(18-6-4-3-5-7-18)26(23,24)21(15)14-17-9-11-19(12-10-17)25-16(2)22;2*1-14-7-12-18(16-5-3-2-4-6-16)25(23,24)20(14)13-15-8-10-17(11-9-15)19(21)22;1-9-7-8-11(15(13,14)12-9)10-5-3-2-4-6-10;1-12-9(11)8-4-2-7(6-10)3-5-8;5-1-4-2-6-7-3-4/h2-6,8-9,11-12,15-16,18,24H,7,10,13-14,17H2,1H3,(H,25,26);3-7,9-12,15,20H,8,13-14H2,1-2H3;2*2-6,8-11,14,18H,7,12-13H2,1H3,(H,21,22);2-6,9,11-12H,7-8H2,1H3;2-5H,6H2,1H3;2-3H,1,5H2,(H,6,7)/t18-,24?;15-,20?;2*14-,18?;9-,11?;;/m00000../s1. The largest absolute Gasteiger partial charge is 0.478 e. The van der Waals surface area contributed by atoms with Gasteiger partial charge in [0.2, 0.25) is 50.1 Å². The number of nitrogens with zero attached hydrogens (tertiary/aromatic N) is 6. The third-order valence-corrected chi connectivity index (χ3v) is 37.4. The van der Waals surface area contributed by atoms with Crippen molar-refractivity contribution < 1.29 is 85.7 Å². The number of aromatic nitrogens is 4. The molecule has 5 aliphatic heterocycles. The topological polar surface area (TPSA) is 423 Å². The molecule has 10 aromatic carbocycles. The molecule has 0 radical (unpaired) electrons. The van der Waals surface area contributed by atoms with Crippen LogP contribution in [-0.4, -0.2) is 157 Å². The summed E-state index contributed by atoms with van der Waals surface area (Å²) in [6, 6.07) is 81.0. The maximum atomic E-state index is 13.4. The lowest BCUT2D eigenvalue weighted by molar-refractivity contribution is -0.131. The maximum absolute atomic E-state index is 13.4. The van der Waals surface area contributed by atoms with Crippen molar-refractivity contribution >= 4 is 95.7 Å². The van der Waals surface area contributed by atoms with Gasteiger partial charge in [0.15, 0.2) is 5.78 Å². The molecular weight excluding hydrogens is 1960 g/mol. The summed E-state index contributed by atoms with van der Waals surface area (Å²) in [7, 11) is -15.7. The van der Waals surface area contributed by atoms with Crippen LogP contribution in [0, 0.1) is 0 Å². The van der Waals surface area contributed by atoms with Gasteiger partial charge in [0.1, 0.15) is 32.0 Å². The highest BCUT2D eigenvalue weighted by Crippen LogP contribution is 2.43. The monoisotopic (exact) mass is 2080 g/mol. The zero-order chi connectivity index (χ0) is 102. The highest BCUT2D eigenvalue weighted by Gasteiger charge is 2.45. The van der Waals surface area contributed by atoms with Crippen LogP contribution >= 0.6 is 15.9 Å². The quantitative estimate of drug-likeness (QED) is 0.0150. The molecule has 0 bridgehead atoms. The van der Waals surface area contributed by atoms with E-state index in [-0.39, 0.29) is 77.4 Å². The van der Waals surface area contributed by atoms with Crippen LogP contribution in [0.3, 0.4) is 0 Å². The molecule has 7 N–H and O–H groups in total. The number of ketones is 1. The van der Waals surface area contributed by atoms with E-state index in [9.17, 15) is 66.1 Å². The smallest absolute Gasteiger partial charge is 0.337 e. The molecule has 0 amide bonds. The molecular formula is C106H123BrN10O19S5. The third kappa shape index (κ3) is 30.4. The van der Waals surface area contributed by atoms with Crippen LogP contribution in [0.2, 0.25) is 0 Å². The van der Waals surface area contributed by atoms with Gasteiger partial charge in [-0.05, 0) is 215 Å². The number of carbonyl (C=O) groups excluding carboxylic acids is 3. The lowest BCUT2D eigenvalue weighted by atomic mass is 10.0. The van der Waals surface area contributed by atoms with E-state index in [0.717, 1.165) is 104 Å². The molecule has 5 fully saturated rings. The summed E-state index contributed by atoms with van der Waals surface area (Å²) in [4.78, 5) is 56.3. The zero-order valence-electron chi connectivity index (χ0n) is 79.8. The van der Waals surface area contributed by atoms with Crippen molar-refractivity contribution in [3.05, 3.63) is 387 Å². The van der Waals surface area contributed by atoms with Crippen molar-refractivity contribution in [2.75, 3.05) is 7.11 Å². The Labute approximate surface area is 836 Å². The van der Waals surface area contributed by atoms with E-state index < -0.39 is 83.1 Å². The van der Waals surface area contributed by atoms with Gasteiger partial charge in [-0.3, -0.25) is 19.8 Å². The van der Waals surface area contributed by atoms with Crippen LogP contribution in [0.4, 0.5) is 0 Å². The summed E-state index contributed by atoms with van der Waals surface area (Å²) in [6.07, 6.45) is 15.4. The van der Waals surface area contributed by atoms with Crippen molar-refractivity contribution in [3.8, 4) is 5.75 Å². The Morgan fingerprint density at radius 2 is 0.667 bits per heavy atom. The van der Waals surface area contributed by atoms with Crippen molar-refractivity contribution in [2.45, 2.75) is 213 Å². The molecule has 5 saturated heterocycles. The van der Waals surface area contributed by atoms with Crippen LogP contribution in [0.1, 0.15) is 247 Å². The number of halogens is 1. The van der Waals surface area contributed by atoms with Crippen LogP contribution in [0.15, 0.2) is 298 Å². The molecule has 748 valence electrons. The minimum absolute atomic E-state index is 0.0480. The Balaban J connectivity index is 0.000000162. The number of rotatable bonds is 23. The molecule has 17 rings (SSSR count). The minimum atomic E-state index is -3.47. The molecule has 0 saturated carbocycles. The number of H-pyrrole nitrogens is 2. The molecule has 35 heteroatoms. The van der Waals surface area contributed by atoms with E-state index in [1.165, 1.54) is 38.3 Å². The molecule has 0 spiro atoms. The van der Waals surface area contributed by atoms with Gasteiger partial charge in [-0.1, -0.05) is 240 Å². The number of hydrogen-bond donors (Lipinski definition) is 6. The number of nitrogens with one attached hydrogen (secondary N) is 3. The number of methoxy groups -OCH3 is 1. The lowest BCUT2D eigenvalue weighted by Gasteiger charge is -2.37. The highest BCUT2D eigenvalue weighted by molar-refractivity contribution is 9.08. The first-order chi connectivity index (χ1) is 67.4. The first-order valence-electron chi connectivity index (χ1n) is 46.6. The van der Waals surface area contributed by atoms with Crippen LogP contribution < -0.4 is 15.2 Å². The van der Waals surface area contributed by atoms with Gasteiger partial charge in [-0.25, -0.2) is 61.2 Å². The molecule has 5 aliphatic rings. The second kappa shape index (κ2) is 51.7. The summed E-state index contributed by atoms with van der Waals surface area (Å²) in [5, 5.41) is 29.3. The molecule has 29 nitrogen and oxygen atoms in total. The molecule has 10 atom stereocenters. The first-order valence-corrected chi connectivity index (χ1v) is 55.3. The predicted octanol–water partition coefficient (Wildman–Crippen LogP) is 18.9. The first kappa shape index (κ1) is 110. The molecule has 0 aliphatic carbocycles. The summed E-state index contributed by atoms with van der Waals surface area (Å²) in [5.41, 5.74) is 17.6. The van der Waals surface area contributed by atoms with Crippen LogP contribution in [0.5, 0.6) is 5.75 Å². The average molecular weight is 2080 g/mol. The Morgan fingerprint density at radius 3 is 0.943 bits per heavy atom. The van der Waals surface area contributed by atoms with Gasteiger partial charge in [0.25, 0.3) is 0 Å². The molecule has 7 heterocycles. The van der Waals surface area contributed by atoms with Crippen LogP contribution in [-0.2, 0) is 104 Å². The number of benzene rings is 10. The van der Waals surface area contributed by atoms with Gasteiger partial charge in [0.05, 0.1) is 36.2 Å². The van der Waals surface area contributed by atoms with Crippen LogP contribution in [0.25, 0.3) is 0 Å². The maximum Gasteiger partial charge on any atom is 0.337 e. The number of carboxylic acid groups (broad SMARTS) is 2. The van der Waals surface area contributed by atoms with E-state index in [1.807, 2.05) is 211 Å². The summed E-state index contributed by atoms with van der Waals surface area (Å²) in [5.74, 6) is -2.13. The number of ether oxygens (including phenoxy) is 2. The summed E-state index contributed by atoms with van der Waals surface area (Å²) < 4.78 is 148. The number of carboxylic acids is 2. The van der Waals surface area contributed by atoms with E-state index in [4.69, 9.17) is 20.7 Å². The molecule has 2 aromatic heterocycles. The van der Waals surface area contributed by atoms with Gasteiger partial charge < -0.3 is 25.4 Å². The SMILES string of the molecule is CC(=O)Oc1ccc(CN2[C@@H](C)CCC(c3ccccc3)S2(=O)=O)cc1.COC(=O)c1ccc(CBr)cc1.C[C@H]1CCC(c2ccccc2)S(=O)(=O)N1.C[C@H]1CCC(c2ccccc2)S(=O)(=O)N1Cc1ccc(C(=O)CCc2cn[nH]c2)cc1.C[C@H]1CCC(c2ccccc2)S(=O)(=O)N1Cc1ccc(C(=O)O)cc1.C[C@H]1CCC(c2ccccc2)S(=O)(=O)N1Cc1ccc(C(=O)O)cc1.NCc1cn[nH]c1. The number of nitrogens with two attached hydrogens (primary N) is 1. The Morgan fingerprint density at radius 1 is 0.376 bits per heavy atom. The Bertz CT molecular complexity index is 6480. The van der Waals surface area contributed by atoms with Gasteiger partial charge >= 0.3 is 23.9 Å². The second-order valence-electron chi connectivity index (χ2n) is 35.3. The second-order valence-corrected chi connectivity index (χ2v) is 46.0. The van der Waals surface area contributed by atoms with E-state index in [1.54, 1.807) is 115 Å². The fourth-order valence-electron chi connectivity index (χ4n) is 17.3. The fourth-order valence-corrected chi connectivity index (χ4v) is 28.3. The van der Waals surface area contributed by atoms with Crippen molar-refractivity contribution in [1.29, 1.82) is 0 Å². The van der Waals surface area contributed by atoms with E-state index >= 15 is 0 Å². The summed E-state index contributed by atoms with van der Waals surface area (Å²) in [6.45, 7) is 12.7. The van der Waals surface area contributed by atoms with E-state index in [2.05, 4.69) is 45.8 Å². The number of alkyl halides is 1. The molecule has 5 unspecified atom stereocenters. The molecule has 12 aromatic rings. The highest BCUT2D eigenvalue weighted by atomic mass is 79.9. The average Bonchev–Trinajstić information content (AvgIpc) is 0.870. The lowest BCUT2D eigenvalue weighted by Crippen LogP contribution is -2.44. The Kier molecular flexibility index (Phi) is 40.2. The number of aromatic amines is 2. The number of aromatic carboxylic acids is 2. The Hall–Kier alpha value is -11.8. The number of Topliss-reactive ketones (excluding diaryl/α,β-unsaturated/α-hetero) is 1. The van der Waals surface area contributed by atoms with Gasteiger partial charge in [-0.2, -0.15) is 27.4 Å². The summed E-state index contributed by atoms with van der Waals surface area (Å²) >= 11 is 3.32. The minimum Gasteiger partial charge on any atom is -0.478 e. The number of esters is 2. The van der Waals surface area contributed by atoms with Crippen molar-refractivity contribution in [3.63, 3.8) is 0 Å². The number of aryl methyl sites for hydroxylation is 1. The number of hydrogen-bond acceptors (Lipinski definition) is 20. The zero-order valence-corrected chi connectivity index (χ0v) is 85.5. The number of carbonyl (C=O) groups is 5. The normalized spacial score (nSPS) is 21.5. The van der Waals surface area contributed by atoms with E-state index in [0.29, 0.717) is 81.5 Å². The fraction of sp³-hybridized carbons (Fsp3) is 0.330. The van der Waals surface area contributed by atoms with Gasteiger partial charge in [-0.15, -0.1) is 0 Å². The van der Waals surface area contributed by atoms with Crippen molar-refractivity contribution in [1.82, 2.24) is 42.3 Å². The van der Waals surface area contributed by atoms with Crippen molar-refractivity contribution in [2.24, 2.45) is 5.73 Å².